The minimum absolute atomic E-state index is 0.0303. The van der Waals surface area contributed by atoms with E-state index in [0.29, 0.717) is 41.3 Å². The molecule has 2 aliphatic rings. The highest BCUT2D eigenvalue weighted by atomic mass is 35.5. The maximum atomic E-state index is 15.4. The molecule has 3 N–H and O–H groups in total. The van der Waals surface area contributed by atoms with Gasteiger partial charge in [0.1, 0.15) is 11.4 Å². The molecule has 1 aromatic heterocycles. The number of hydrogen-bond acceptors (Lipinski definition) is 4. The number of anilines is 1. The first-order valence-electron chi connectivity index (χ1n) is 9.65. The van der Waals surface area contributed by atoms with Crippen molar-refractivity contribution in [2.24, 2.45) is 5.73 Å². The van der Waals surface area contributed by atoms with Crippen molar-refractivity contribution < 1.29 is 14.3 Å². The Labute approximate surface area is 172 Å². The fraction of sp³-hybridized carbons (Fsp3) is 0.429. The molecule has 0 spiro atoms. The van der Waals surface area contributed by atoms with Crippen LogP contribution in [0.3, 0.4) is 0 Å². The van der Waals surface area contributed by atoms with Gasteiger partial charge >= 0.3 is 5.97 Å². The quantitative estimate of drug-likeness (QED) is 0.788. The van der Waals surface area contributed by atoms with Gasteiger partial charge in [0.15, 0.2) is 0 Å². The second-order valence-electron chi connectivity index (χ2n) is 8.26. The molecule has 0 radical (unpaired) electrons. The first-order valence-corrected chi connectivity index (χ1v) is 10.0. The Morgan fingerprint density at radius 2 is 2.14 bits per heavy atom. The Bertz CT molecular complexity index is 1120. The topological polar surface area (TPSA) is 88.6 Å². The first kappa shape index (κ1) is 19.9. The number of hydrogen-bond donors (Lipinski definition) is 2. The molecule has 6 nitrogen and oxygen atoms in total. The molecule has 1 aliphatic heterocycles. The van der Waals surface area contributed by atoms with E-state index in [1.807, 2.05) is 11.8 Å². The number of benzene rings is 1. The maximum absolute atomic E-state index is 15.4. The Morgan fingerprint density at radius 1 is 1.45 bits per heavy atom. The highest BCUT2D eigenvalue weighted by Gasteiger charge is 2.35. The second-order valence-corrected chi connectivity index (χ2v) is 8.66. The fourth-order valence-electron chi connectivity index (χ4n) is 4.13. The lowest BCUT2D eigenvalue weighted by molar-refractivity contribution is 0.0695. The number of aromatic nitrogens is 1. The van der Waals surface area contributed by atoms with E-state index in [9.17, 15) is 14.7 Å². The van der Waals surface area contributed by atoms with Gasteiger partial charge in [0.05, 0.1) is 16.6 Å². The molecule has 154 valence electrons. The van der Waals surface area contributed by atoms with Crippen molar-refractivity contribution in [1.29, 1.82) is 0 Å². The van der Waals surface area contributed by atoms with Crippen LogP contribution in [-0.4, -0.2) is 34.3 Å². The predicted molar refractivity (Wildman–Crippen MR) is 112 cm³/mol. The number of nitrogens with two attached hydrogens (primary N) is 1. The van der Waals surface area contributed by atoms with Gasteiger partial charge in [-0.15, -0.1) is 0 Å². The molecule has 4 rings (SSSR count). The van der Waals surface area contributed by atoms with E-state index >= 15 is 4.39 Å². The van der Waals surface area contributed by atoms with Crippen molar-refractivity contribution >= 4 is 39.2 Å². The number of carboxylic acids is 1. The molecule has 8 heteroatoms. The molecular formula is C21H23ClFN3O3. The molecule has 29 heavy (non-hydrogen) atoms. The number of rotatable bonds is 4. The van der Waals surface area contributed by atoms with Crippen LogP contribution in [0.2, 0.25) is 0 Å². The number of halogens is 2. The fourth-order valence-corrected chi connectivity index (χ4v) is 4.31. The summed E-state index contributed by atoms with van der Waals surface area (Å²) in [4.78, 5) is 26.3. The van der Waals surface area contributed by atoms with Crippen molar-refractivity contribution in [3.05, 3.63) is 45.5 Å². The van der Waals surface area contributed by atoms with Crippen LogP contribution < -0.4 is 16.1 Å². The smallest absolute Gasteiger partial charge is 0.341 e. The summed E-state index contributed by atoms with van der Waals surface area (Å²) in [5.41, 5.74) is 5.94. The average molecular weight is 420 g/mol. The third-order valence-corrected chi connectivity index (χ3v) is 6.13. The summed E-state index contributed by atoms with van der Waals surface area (Å²) < 4.78 is 17.2. The Morgan fingerprint density at radius 3 is 2.66 bits per heavy atom. The average Bonchev–Trinajstić information content (AvgIpc) is 3.43. The zero-order valence-electron chi connectivity index (χ0n) is 16.3. The number of fused-ring (bicyclic) bond motifs is 1. The van der Waals surface area contributed by atoms with Crippen LogP contribution in [0, 0.1) is 5.82 Å². The minimum atomic E-state index is -1.33. The van der Waals surface area contributed by atoms with Crippen LogP contribution in [0.5, 0.6) is 0 Å². The van der Waals surface area contributed by atoms with Gasteiger partial charge in [-0.05, 0) is 39.2 Å². The van der Waals surface area contributed by atoms with Gasteiger partial charge in [0, 0.05) is 41.5 Å². The van der Waals surface area contributed by atoms with Gasteiger partial charge in [-0.3, -0.25) is 4.79 Å². The van der Waals surface area contributed by atoms with E-state index in [-0.39, 0.29) is 17.0 Å². The van der Waals surface area contributed by atoms with Crippen LogP contribution in [0.25, 0.3) is 15.9 Å². The molecule has 1 aromatic carbocycles. The summed E-state index contributed by atoms with van der Waals surface area (Å²) in [6, 6.07) is 1.21. The van der Waals surface area contributed by atoms with Crippen molar-refractivity contribution in [2.45, 2.75) is 44.7 Å². The summed E-state index contributed by atoms with van der Waals surface area (Å²) in [5.74, 6) is -1.93. The molecule has 1 atom stereocenters. The largest absolute Gasteiger partial charge is 0.477 e. The van der Waals surface area contributed by atoms with Crippen LogP contribution in [0.4, 0.5) is 10.1 Å². The number of nitrogens with zero attached hydrogens (tertiary/aromatic N) is 2. The lowest BCUT2D eigenvalue weighted by Gasteiger charge is -2.26. The molecule has 2 heterocycles. The zero-order valence-corrected chi connectivity index (χ0v) is 17.1. The first-order chi connectivity index (χ1) is 13.6. The van der Waals surface area contributed by atoms with Crippen molar-refractivity contribution in [3.63, 3.8) is 0 Å². The van der Waals surface area contributed by atoms with E-state index in [1.54, 1.807) is 17.6 Å². The predicted octanol–water partition coefficient (Wildman–Crippen LogP) is 3.70. The zero-order chi connectivity index (χ0) is 21.1. The van der Waals surface area contributed by atoms with Gasteiger partial charge in [0.2, 0.25) is 5.43 Å². The standard InChI is InChI=1S/C21H23ClFN3O3/c1-3-14(22)16-17-12(8-15(23)18(16)25-7-6-21(2,24)10-25)19(27)13(20(28)29)9-26(17)11-4-5-11/h3,8-9,11H,4-7,10,24H2,1-2H3,(H,28,29)/b14-3+. The van der Waals surface area contributed by atoms with E-state index < -0.39 is 22.8 Å². The van der Waals surface area contributed by atoms with Crippen molar-refractivity contribution in [1.82, 2.24) is 4.57 Å². The SMILES string of the molecule is C/C=C(/Cl)c1c(N2CCC(C)(N)C2)c(F)cc2c(=O)c(C(=O)O)cn(C3CC3)c12. The second kappa shape index (κ2) is 6.85. The minimum Gasteiger partial charge on any atom is -0.477 e. The highest BCUT2D eigenvalue weighted by Crippen LogP contribution is 2.44. The summed E-state index contributed by atoms with van der Waals surface area (Å²) in [7, 11) is 0. The number of aromatic carboxylic acids is 1. The molecule has 2 aromatic rings. The summed E-state index contributed by atoms with van der Waals surface area (Å²) >= 11 is 6.55. The van der Waals surface area contributed by atoms with Gasteiger partial charge in [0.25, 0.3) is 0 Å². The third kappa shape index (κ3) is 3.32. The summed E-state index contributed by atoms with van der Waals surface area (Å²) in [6.07, 6.45) is 5.45. The number of pyridine rings is 1. The molecule has 0 amide bonds. The third-order valence-electron chi connectivity index (χ3n) is 5.73. The molecule has 1 saturated carbocycles. The molecular weight excluding hydrogens is 397 g/mol. The highest BCUT2D eigenvalue weighted by molar-refractivity contribution is 6.50. The monoisotopic (exact) mass is 419 g/mol. The molecule has 1 saturated heterocycles. The Hall–Kier alpha value is -2.38. The van der Waals surface area contributed by atoms with Crippen LogP contribution in [0.15, 0.2) is 23.1 Å². The Balaban J connectivity index is 2.12. The van der Waals surface area contributed by atoms with E-state index in [0.717, 1.165) is 18.9 Å². The Kier molecular flexibility index (Phi) is 4.70. The normalized spacial score (nSPS) is 22.5. The van der Waals surface area contributed by atoms with Crippen LogP contribution in [0.1, 0.15) is 55.1 Å². The lowest BCUT2D eigenvalue weighted by Crippen LogP contribution is -2.39. The summed E-state index contributed by atoms with van der Waals surface area (Å²) in [6.45, 7) is 4.68. The number of carbonyl (C=O) groups is 1. The van der Waals surface area contributed by atoms with Crippen LogP contribution in [-0.2, 0) is 0 Å². The van der Waals surface area contributed by atoms with E-state index in [2.05, 4.69) is 0 Å². The van der Waals surface area contributed by atoms with Gasteiger partial charge in [-0.1, -0.05) is 17.7 Å². The maximum Gasteiger partial charge on any atom is 0.341 e. The van der Waals surface area contributed by atoms with Crippen molar-refractivity contribution in [3.8, 4) is 0 Å². The van der Waals surface area contributed by atoms with E-state index in [4.69, 9.17) is 17.3 Å². The van der Waals surface area contributed by atoms with Gasteiger partial charge in [-0.2, -0.15) is 0 Å². The van der Waals surface area contributed by atoms with Crippen LogP contribution >= 0.6 is 11.6 Å². The van der Waals surface area contributed by atoms with Gasteiger partial charge < -0.3 is 20.3 Å². The molecule has 1 aliphatic carbocycles. The molecule has 2 fully saturated rings. The van der Waals surface area contributed by atoms with E-state index in [1.165, 1.54) is 6.20 Å². The summed E-state index contributed by atoms with van der Waals surface area (Å²) in [5, 5.41) is 9.81. The molecule has 1 unspecified atom stereocenters. The van der Waals surface area contributed by atoms with Crippen molar-refractivity contribution in [2.75, 3.05) is 18.0 Å². The number of carboxylic acid groups (broad SMARTS) is 1. The van der Waals surface area contributed by atoms with Gasteiger partial charge in [-0.25, -0.2) is 9.18 Å². The lowest BCUT2D eigenvalue weighted by atomic mass is 10.0. The number of allylic oxidation sites excluding steroid dienone is 1. The molecule has 0 bridgehead atoms.